The Morgan fingerprint density at radius 1 is 1.45 bits per heavy atom. The Bertz CT molecular complexity index is 409. The van der Waals surface area contributed by atoms with Crippen LogP contribution in [0.5, 0.6) is 5.88 Å². The van der Waals surface area contributed by atoms with Crippen LogP contribution in [0.3, 0.4) is 0 Å². The zero-order valence-corrected chi connectivity index (χ0v) is 12.6. The van der Waals surface area contributed by atoms with Crippen molar-refractivity contribution in [1.82, 2.24) is 9.88 Å². The Morgan fingerprint density at radius 2 is 2.30 bits per heavy atom. The summed E-state index contributed by atoms with van der Waals surface area (Å²) in [4.78, 5) is 6.76. The van der Waals surface area contributed by atoms with Crippen LogP contribution < -0.4 is 4.74 Å². The number of methoxy groups -OCH3 is 1. The first-order chi connectivity index (χ1) is 9.70. The lowest BCUT2D eigenvalue weighted by Gasteiger charge is -2.31. The quantitative estimate of drug-likeness (QED) is 0.899. The van der Waals surface area contributed by atoms with Crippen LogP contribution in [0.15, 0.2) is 18.3 Å². The minimum Gasteiger partial charge on any atom is -0.481 e. The van der Waals surface area contributed by atoms with Gasteiger partial charge >= 0.3 is 0 Å². The normalized spacial score (nSPS) is 22.2. The second kappa shape index (κ2) is 7.60. The summed E-state index contributed by atoms with van der Waals surface area (Å²) in [5.74, 6) is 0.715. The van der Waals surface area contributed by atoms with E-state index >= 15 is 0 Å². The van der Waals surface area contributed by atoms with E-state index in [1.54, 1.807) is 13.3 Å². The first-order valence-corrected chi connectivity index (χ1v) is 7.60. The molecule has 112 valence electrons. The van der Waals surface area contributed by atoms with Crippen molar-refractivity contribution < 1.29 is 9.84 Å². The summed E-state index contributed by atoms with van der Waals surface area (Å²) in [6.07, 6.45) is 7.33. The van der Waals surface area contributed by atoms with Crippen LogP contribution >= 0.6 is 0 Å². The minimum absolute atomic E-state index is 0.239. The number of aliphatic hydroxyl groups is 1. The van der Waals surface area contributed by atoms with Gasteiger partial charge in [-0.1, -0.05) is 18.9 Å². The van der Waals surface area contributed by atoms with Gasteiger partial charge in [0, 0.05) is 24.3 Å². The van der Waals surface area contributed by atoms with Crippen LogP contribution in [-0.2, 0) is 6.54 Å². The summed E-state index contributed by atoms with van der Waals surface area (Å²) in [5, 5.41) is 9.72. The highest BCUT2D eigenvalue weighted by molar-refractivity contribution is 5.25. The predicted molar refractivity (Wildman–Crippen MR) is 79.8 cm³/mol. The molecule has 0 bridgehead atoms. The van der Waals surface area contributed by atoms with E-state index in [9.17, 15) is 5.11 Å². The van der Waals surface area contributed by atoms with E-state index in [0.717, 1.165) is 25.1 Å². The molecule has 1 N–H and O–H groups in total. The van der Waals surface area contributed by atoms with Gasteiger partial charge in [0.15, 0.2) is 0 Å². The molecule has 1 fully saturated rings. The molecule has 1 saturated heterocycles. The minimum atomic E-state index is -0.239. The molecule has 0 saturated carbocycles. The van der Waals surface area contributed by atoms with Crippen molar-refractivity contribution in [3.8, 4) is 5.88 Å². The van der Waals surface area contributed by atoms with Crippen LogP contribution in [0.2, 0.25) is 0 Å². The summed E-state index contributed by atoms with van der Waals surface area (Å²) >= 11 is 0. The van der Waals surface area contributed by atoms with Crippen molar-refractivity contribution in [2.24, 2.45) is 0 Å². The van der Waals surface area contributed by atoms with Gasteiger partial charge in [0.1, 0.15) is 0 Å². The van der Waals surface area contributed by atoms with Gasteiger partial charge in [-0.05, 0) is 38.8 Å². The molecule has 2 unspecified atom stereocenters. The van der Waals surface area contributed by atoms with E-state index < -0.39 is 0 Å². The largest absolute Gasteiger partial charge is 0.481 e. The van der Waals surface area contributed by atoms with Gasteiger partial charge < -0.3 is 9.84 Å². The molecule has 2 rings (SSSR count). The van der Waals surface area contributed by atoms with Crippen LogP contribution in [0.1, 0.15) is 44.6 Å². The summed E-state index contributed by atoms with van der Waals surface area (Å²) in [7, 11) is 1.67. The van der Waals surface area contributed by atoms with Crippen molar-refractivity contribution in [1.29, 1.82) is 0 Å². The second-order valence-electron chi connectivity index (χ2n) is 5.73. The van der Waals surface area contributed by atoms with Crippen LogP contribution in [0.4, 0.5) is 0 Å². The molecule has 0 amide bonds. The number of likely N-dealkylation sites (tertiary alicyclic amines) is 1. The molecule has 0 aromatic carbocycles. The molecule has 1 aromatic rings. The lowest BCUT2D eigenvalue weighted by Crippen LogP contribution is -2.36. The van der Waals surface area contributed by atoms with Crippen LogP contribution in [0.25, 0.3) is 0 Å². The Balaban J connectivity index is 2.10. The predicted octanol–water partition coefficient (Wildman–Crippen LogP) is 2.61. The topological polar surface area (TPSA) is 45.6 Å². The van der Waals surface area contributed by atoms with E-state index in [0.29, 0.717) is 11.9 Å². The van der Waals surface area contributed by atoms with E-state index in [4.69, 9.17) is 4.74 Å². The van der Waals surface area contributed by atoms with Gasteiger partial charge in [-0.15, -0.1) is 0 Å². The molecule has 1 aliphatic rings. The molecule has 1 aromatic heterocycles. The van der Waals surface area contributed by atoms with Gasteiger partial charge in [-0.3, -0.25) is 4.90 Å². The lowest BCUT2D eigenvalue weighted by molar-refractivity contribution is 0.107. The van der Waals surface area contributed by atoms with Gasteiger partial charge in [-0.2, -0.15) is 0 Å². The highest BCUT2D eigenvalue weighted by atomic mass is 16.5. The highest BCUT2D eigenvalue weighted by Crippen LogP contribution is 2.24. The first kappa shape index (κ1) is 15.3. The molecule has 0 radical (unpaired) electrons. The molecule has 0 aliphatic carbocycles. The maximum Gasteiger partial charge on any atom is 0.217 e. The molecule has 2 heterocycles. The van der Waals surface area contributed by atoms with Crippen molar-refractivity contribution >= 4 is 0 Å². The van der Waals surface area contributed by atoms with Crippen LogP contribution in [-0.4, -0.2) is 40.8 Å². The van der Waals surface area contributed by atoms with Crippen molar-refractivity contribution in [3.05, 3.63) is 23.9 Å². The number of pyridine rings is 1. The summed E-state index contributed by atoms with van der Waals surface area (Å²) in [6.45, 7) is 3.83. The summed E-state index contributed by atoms with van der Waals surface area (Å²) in [6, 6.07) is 4.50. The van der Waals surface area contributed by atoms with E-state index in [2.05, 4.69) is 16.0 Å². The number of ether oxygens (including phenoxy) is 1. The van der Waals surface area contributed by atoms with Crippen molar-refractivity contribution in [2.75, 3.05) is 13.7 Å². The number of aromatic nitrogens is 1. The number of hydrogen-bond acceptors (Lipinski definition) is 4. The fraction of sp³-hybridized carbons (Fsp3) is 0.688. The number of rotatable bonds is 5. The molecule has 1 aliphatic heterocycles. The fourth-order valence-corrected chi connectivity index (χ4v) is 3.05. The van der Waals surface area contributed by atoms with Gasteiger partial charge in [0.2, 0.25) is 5.88 Å². The molecule has 20 heavy (non-hydrogen) atoms. The van der Waals surface area contributed by atoms with Crippen LogP contribution in [0, 0.1) is 0 Å². The monoisotopic (exact) mass is 278 g/mol. The van der Waals surface area contributed by atoms with Crippen molar-refractivity contribution in [3.63, 3.8) is 0 Å². The molecule has 4 heteroatoms. The Kier molecular flexibility index (Phi) is 5.80. The maximum atomic E-state index is 9.72. The van der Waals surface area contributed by atoms with Gasteiger partial charge in [-0.25, -0.2) is 4.98 Å². The summed E-state index contributed by atoms with van der Waals surface area (Å²) < 4.78 is 5.35. The number of aliphatic hydroxyl groups excluding tert-OH is 1. The fourth-order valence-electron chi connectivity index (χ4n) is 3.05. The average molecular weight is 278 g/mol. The van der Waals surface area contributed by atoms with E-state index in [-0.39, 0.29) is 6.10 Å². The third-order valence-electron chi connectivity index (χ3n) is 4.03. The zero-order chi connectivity index (χ0) is 14.4. The Labute approximate surface area is 121 Å². The highest BCUT2D eigenvalue weighted by Gasteiger charge is 2.23. The Hall–Kier alpha value is -1.13. The van der Waals surface area contributed by atoms with E-state index in [1.807, 2.05) is 13.0 Å². The lowest BCUT2D eigenvalue weighted by atomic mass is 10.0. The molecular weight excluding hydrogens is 252 g/mol. The van der Waals surface area contributed by atoms with Gasteiger partial charge in [0.25, 0.3) is 0 Å². The maximum absolute atomic E-state index is 9.72. The third kappa shape index (κ3) is 4.18. The molecular formula is C16H26N2O2. The van der Waals surface area contributed by atoms with Crippen molar-refractivity contribution in [2.45, 2.75) is 57.7 Å². The first-order valence-electron chi connectivity index (χ1n) is 7.60. The second-order valence-corrected chi connectivity index (χ2v) is 5.73. The summed E-state index contributed by atoms with van der Waals surface area (Å²) in [5.41, 5.74) is 1.13. The molecule has 2 atom stereocenters. The van der Waals surface area contributed by atoms with Gasteiger partial charge in [0.05, 0.1) is 13.2 Å². The number of hydrogen-bond donors (Lipinski definition) is 1. The molecule has 0 spiro atoms. The number of nitrogens with zero attached hydrogens (tertiary/aromatic N) is 2. The smallest absolute Gasteiger partial charge is 0.217 e. The standard InChI is InChI=1S/C16H26N2O2/c1-13(19)11-15-8-4-3-5-10-18(15)12-14-7-6-9-17-16(14)20-2/h6-7,9,13,15,19H,3-5,8,10-12H2,1-2H3. The third-order valence-corrected chi connectivity index (χ3v) is 4.03. The van der Waals surface area contributed by atoms with E-state index in [1.165, 1.54) is 25.7 Å². The Morgan fingerprint density at radius 3 is 3.05 bits per heavy atom. The SMILES string of the molecule is COc1ncccc1CN1CCCCCC1CC(C)O. The average Bonchev–Trinajstić information content (AvgIpc) is 2.65. The molecule has 4 nitrogen and oxygen atoms in total. The zero-order valence-electron chi connectivity index (χ0n) is 12.6.